The minimum absolute atomic E-state index is 0.0733. The third-order valence-corrected chi connectivity index (χ3v) is 5.29. The molecule has 0 radical (unpaired) electrons. The van der Waals surface area contributed by atoms with Crippen LogP contribution in [0.5, 0.6) is 0 Å². The van der Waals surface area contributed by atoms with E-state index < -0.39 is 0 Å². The van der Waals surface area contributed by atoms with Gasteiger partial charge in [-0.15, -0.1) is 0 Å². The standard InChI is InChI=1S/C20H28N2O3/c1-20(11-6-12-25-20)14-21-18(23)16-9-5-10-17(13-16)22-19(24)15-7-3-2-4-8-15/h5,9-10,13,15H,2-4,6-8,11-12,14H2,1H3,(H,21,23)(H,22,24)/t20-/m0/s1. The molecule has 1 aliphatic heterocycles. The third-order valence-electron chi connectivity index (χ3n) is 5.29. The first kappa shape index (κ1) is 17.9. The van der Waals surface area contributed by atoms with Crippen molar-refractivity contribution >= 4 is 17.5 Å². The van der Waals surface area contributed by atoms with Crippen molar-refractivity contribution < 1.29 is 14.3 Å². The molecular weight excluding hydrogens is 316 g/mol. The average Bonchev–Trinajstić information content (AvgIpc) is 3.07. The van der Waals surface area contributed by atoms with Crippen LogP contribution in [0.2, 0.25) is 0 Å². The van der Waals surface area contributed by atoms with Crippen LogP contribution in [-0.4, -0.2) is 30.6 Å². The van der Waals surface area contributed by atoms with E-state index >= 15 is 0 Å². The lowest BCUT2D eigenvalue weighted by Gasteiger charge is -2.23. The molecule has 2 fully saturated rings. The van der Waals surface area contributed by atoms with E-state index in [0.717, 1.165) is 45.1 Å². The lowest BCUT2D eigenvalue weighted by Crippen LogP contribution is -2.40. The first-order valence-corrected chi connectivity index (χ1v) is 9.39. The van der Waals surface area contributed by atoms with Gasteiger partial charge in [0.15, 0.2) is 0 Å². The zero-order valence-electron chi connectivity index (χ0n) is 15.0. The molecule has 1 aromatic carbocycles. The van der Waals surface area contributed by atoms with Gasteiger partial charge in [0.1, 0.15) is 0 Å². The molecule has 5 heteroatoms. The Hall–Kier alpha value is -1.88. The predicted molar refractivity (Wildman–Crippen MR) is 97.6 cm³/mol. The maximum absolute atomic E-state index is 12.4. The molecule has 0 unspecified atom stereocenters. The molecule has 1 saturated heterocycles. The van der Waals surface area contributed by atoms with Gasteiger partial charge in [0.25, 0.3) is 5.91 Å². The van der Waals surface area contributed by atoms with Crippen molar-refractivity contribution in [1.82, 2.24) is 5.32 Å². The molecule has 136 valence electrons. The fourth-order valence-corrected chi connectivity index (χ4v) is 3.69. The first-order chi connectivity index (χ1) is 12.1. The Bertz CT molecular complexity index is 617. The van der Waals surface area contributed by atoms with Crippen molar-refractivity contribution in [3.63, 3.8) is 0 Å². The molecule has 1 saturated carbocycles. The number of nitrogens with one attached hydrogen (secondary N) is 2. The SMILES string of the molecule is C[C@@]1(CNC(=O)c2cccc(NC(=O)C3CCCCC3)c2)CCCO1. The van der Waals surface area contributed by atoms with E-state index in [4.69, 9.17) is 4.74 Å². The van der Waals surface area contributed by atoms with Gasteiger partial charge in [-0.05, 0) is 50.8 Å². The number of carbonyl (C=O) groups is 2. The molecule has 0 bridgehead atoms. The van der Waals surface area contributed by atoms with Crippen LogP contribution in [0.15, 0.2) is 24.3 Å². The van der Waals surface area contributed by atoms with Crippen LogP contribution < -0.4 is 10.6 Å². The van der Waals surface area contributed by atoms with E-state index in [1.807, 2.05) is 13.0 Å². The van der Waals surface area contributed by atoms with E-state index in [2.05, 4.69) is 10.6 Å². The molecule has 2 amide bonds. The van der Waals surface area contributed by atoms with Gasteiger partial charge in [0.2, 0.25) is 5.91 Å². The quantitative estimate of drug-likeness (QED) is 0.859. The van der Waals surface area contributed by atoms with Gasteiger partial charge in [0.05, 0.1) is 5.60 Å². The molecule has 2 aliphatic rings. The molecule has 1 atom stereocenters. The number of hydrogen-bond acceptors (Lipinski definition) is 3. The van der Waals surface area contributed by atoms with Crippen LogP contribution in [-0.2, 0) is 9.53 Å². The summed E-state index contributed by atoms with van der Waals surface area (Å²) in [6, 6.07) is 7.15. The van der Waals surface area contributed by atoms with Crippen molar-refractivity contribution in [2.45, 2.75) is 57.5 Å². The Labute approximate surface area is 149 Å². The molecule has 2 N–H and O–H groups in total. The summed E-state index contributed by atoms with van der Waals surface area (Å²) >= 11 is 0. The fraction of sp³-hybridized carbons (Fsp3) is 0.600. The molecule has 25 heavy (non-hydrogen) atoms. The fourth-order valence-electron chi connectivity index (χ4n) is 3.69. The van der Waals surface area contributed by atoms with Crippen molar-refractivity contribution in [3.8, 4) is 0 Å². The van der Waals surface area contributed by atoms with E-state index in [1.165, 1.54) is 6.42 Å². The zero-order valence-corrected chi connectivity index (χ0v) is 15.0. The maximum Gasteiger partial charge on any atom is 0.251 e. The van der Waals surface area contributed by atoms with Crippen LogP contribution in [0, 0.1) is 5.92 Å². The lowest BCUT2D eigenvalue weighted by atomic mass is 9.88. The number of hydrogen-bond donors (Lipinski definition) is 2. The molecule has 1 aromatic rings. The van der Waals surface area contributed by atoms with Gasteiger partial charge < -0.3 is 15.4 Å². The van der Waals surface area contributed by atoms with Gasteiger partial charge in [-0.25, -0.2) is 0 Å². The van der Waals surface area contributed by atoms with E-state index in [0.29, 0.717) is 17.8 Å². The monoisotopic (exact) mass is 344 g/mol. The zero-order chi connectivity index (χ0) is 17.7. The van der Waals surface area contributed by atoms with E-state index in [-0.39, 0.29) is 23.3 Å². The number of anilines is 1. The highest BCUT2D eigenvalue weighted by atomic mass is 16.5. The number of rotatable bonds is 5. The molecule has 5 nitrogen and oxygen atoms in total. The summed E-state index contributed by atoms with van der Waals surface area (Å²) in [7, 11) is 0. The van der Waals surface area contributed by atoms with E-state index in [1.54, 1.807) is 18.2 Å². The first-order valence-electron chi connectivity index (χ1n) is 9.39. The normalized spacial score (nSPS) is 24.0. The molecular formula is C20H28N2O3. The number of amides is 2. The highest BCUT2D eigenvalue weighted by molar-refractivity contribution is 5.97. The highest BCUT2D eigenvalue weighted by Crippen LogP contribution is 2.26. The van der Waals surface area contributed by atoms with Gasteiger partial charge in [-0.1, -0.05) is 25.3 Å². The number of benzene rings is 1. The summed E-state index contributed by atoms with van der Waals surface area (Å²) in [5.41, 5.74) is 0.984. The third kappa shape index (κ3) is 4.82. The smallest absolute Gasteiger partial charge is 0.251 e. The summed E-state index contributed by atoms with van der Waals surface area (Å²) < 4.78 is 5.70. The minimum Gasteiger partial charge on any atom is -0.373 e. The summed E-state index contributed by atoms with van der Waals surface area (Å²) in [4.78, 5) is 24.8. The van der Waals surface area contributed by atoms with Gasteiger partial charge in [0, 0.05) is 30.3 Å². The van der Waals surface area contributed by atoms with Crippen LogP contribution in [0.3, 0.4) is 0 Å². The van der Waals surface area contributed by atoms with Crippen molar-refractivity contribution in [1.29, 1.82) is 0 Å². The summed E-state index contributed by atoms with van der Waals surface area (Å²) in [5.74, 6) is 0.0420. The Kier molecular flexibility index (Phi) is 5.74. The second-order valence-electron chi connectivity index (χ2n) is 7.49. The second kappa shape index (κ2) is 8.00. The van der Waals surface area contributed by atoms with Crippen LogP contribution in [0.25, 0.3) is 0 Å². The second-order valence-corrected chi connectivity index (χ2v) is 7.49. The molecule has 0 spiro atoms. The summed E-state index contributed by atoms with van der Waals surface area (Å²) in [5, 5.41) is 5.92. The van der Waals surface area contributed by atoms with Gasteiger partial charge in [-0.3, -0.25) is 9.59 Å². The summed E-state index contributed by atoms with van der Waals surface area (Å²) in [6.07, 6.45) is 7.40. The highest BCUT2D eigenvalue weighted by Gasteiger charge is 2.30. The minimum atomic E-state index is -0.261. The van der Waals surface area contributed by atoms with Gasteiger partial charge >= 0.3 is 0 Å². The van der Waals surface area contributed by atoms with Crippen molar-refractivity contribution in [2.24, 2.45) is 5.92 Å². The van der Waals surface area contributed by atoms with Gasteiger partial charge in [-0.2, -0.15) is 0 Å². The van der Waals surface area contributed by atoms with Crippen molar-refractivity contribution in [3.05, 3.63) is 29.8 Å². The molecule has 1 aliphatic carbocycles. The predicted octanol–water partition coefficient (Wildman–Crippen LogP) is 3.50. The van der Waals surface area contributed by atoms with Crippen LogP contribution >= 0.6 is 0 Å². The van der Waals surface area contributed by atoms with Crippen LogP contribution in [0.4, 0.5) is 5.69 Å². The van der Waals surface area contributed by atoms with E-state index in [9.17, 15) is 9.59 Å². The number of ether oxygens (including phenoxy) is 1. The Morgan fingerprint density at radius 1 is 1.20 bits per heavy atom. The Morgan fingerprint density at radius 3 is 2.72 bits per heavy atom. The molecule has 0 aromatic heterocycles. The maximum atomic E-state index is 12.4. The molecule has 1 heterocycles. The topological polar surface area (TPSA) is 67.4 Å². The largest absolute Gasteiger partial charge is 0.373 e. The Morgan fingerprint density at radius 2 is 2.00 bits per heavy atom. The average molecular weight is 344 g/mol. The Balaban J connectivity index is 1.56. The van der Waals surface area contributed by atoms with Crippen LogP contribution in [0.1, 0.15) is 62.2 Å². The summed E-state index contributed by atoms with van der Waals surface area (Å²) in [6.45, 7) is 3.29. The number of carbonyl (C=O) groups excluding carboxylic acids is 2. The molecule has 3 rings (SSSR count). The van der Waals surface area contributed by atoms with Crippen molar-refractivity contribution in [2.75, 3.05) is 18.5 Å². The lowest BCUT2D eigenvalue weighted by molar-refractivity contribution is -0.120.